The maximum atomic E-state index is 12.6. The van der Waals surface area contributed by atoms with E-state index in [1.54, 1.807) is 23.6 Å². The standard InChI is InChI=1S/C22H16N2O3S/c25-20(23-18-8-4-3-7-17(18)22(26)27)19-13-28-21(24-19)16-10-9-14-5-1-2-6-15(11-14)12-16/h1-14H,(H,23,25)(H,26,27). The van der Waals surface area contributed by atoms with Crippen LogP contribution >= 0.6 is 11.3 Å². The van der Waals surface area contributed by atoms with E-state index in [9.17, 15) is 14.7 Å². The van der Waals surface area contributed by atoms with Crippen LogP contribution in [0, 0.1) is 5.92 Å². The Morgan fingerprint density at radius 2 is 1.96 bits per heavy atom. The molecule has 1 aromatic heterocycles. The number of nitrogens with one attached hydrogen (secondary N) is 1. The van der Waals surface area contributed by atoms with Crippen molar-refractivity contribution >= 4 is 34.5 Å². The molecule has 0 fully saturated rings. The highest BCUT2D eigenvalue weighted by molar-refractivity contribution is 7.11. The number of carbonyl (C=O) groups is 2. The van der Waals surface area contributed by atoms with E-state index in [2.05, 4.69) is 28.5 Å². The van der Waals surface area contributed by atoms with Gasteiger partial charge in [0.25, 0.3) is 5.91 Å². The molecule has 5 nitrogen and oxygen atoms in total. The Balaban J connectivity index is 1.57. The van der Waals surface area contributed by atoms with Crippen LogP contribution in [0.5, 0.6) is 0 Å². The van der Waals surface area contributed by atoms with Crippen LogP contribution in [0.2, 0.25) is 0 Å². The second kappa shape index (κ2) is 7.62. The minimum atomic E-state index is -1.10. The third-order valence-corrected chi connectivity index (χ3v) is 5.22. The van der Waals surface area contributed by atoms with Gasteiger partial charge in [-0.25, -0.2) is 9.78 Å². The molecule has 0 aliphatic heterocycles. The van der Waals surface area contributed by atoms with Crippen LogP contribution in [0.3, 0.4) is 0 Å². The summed E-state index contributed by atoms with van der Waals surface area (Å²) in [6.07, 6.45) is 16.5. The van der Waals surface area contributed by atoms with E-state index in [4.69, 9.17) is 0 Å². The van der Waals surface area contributed by atoms with Gasteiger partial charge in [0.1, 0.15) is 10.7 Å². The van der Waals surface area contributed by atoms with E-state index in [1.165, 1.54) is 17.4 Å². The predicted molar refractivity (Wildman–Crippen MR) is 110 cm³/mol. The Morgan fingerprint density at radius 1 is 1.11 bits per heavy atom. The second-order valence-corrected chi connectivity index (χ2v) is 7.15. The molecule has 4 rings (SSSR count). The maximum absolute atomic E-state index is 12.6. The molecule has 0 saturated carbocycles. The van der Waals surface area contributed by atoms with Crippen molar-refractivity contribution < 1.29 is 14.7 Å². The number of anilines is 1. The molecule has 1 heterocycles. The number of benzene rings is 1. The van der Waals surface area contributed by atoms with Crippen LogP contribution in [0.4, 0.5) is 5.69 Å². The first kappa shape index (κ1) is 17.9. The number of amides is 1. The number of para-hydroxylation sites is 1. The number of rotatable bonds is 4. The molecule has 2 aliphatic carbocycles. The summed E-state index contributed by atoms with van der Waals surface area (Å²) in [4.78, 5) is 28.3. The van der Waals surface area contributed by atoms with E-state index in [-0.39, 0.29) is 22.9 Å². The molecule has 138 valence electrons. The molecule has 0 spiro atoms. The minimum Gasteiger partial charge on any atom is -0.478 e. The average Bonchev–Trinajstić information content (AvgIpc) is 2.96. The molecule has 1 unspecified atom stereocenters. The van der Waals surface area contributed by atoms with Crippen LogP contribution in [0.25, 0.3) is 5.57 Å². The smallest absolute Gasteiger partial charge is 0.337 e. The molecule has 2 aliphatic rings. The Labute approximate surface area is 165 Å². The van der Waals surface area contributed by atoms with Crippen molar-refractivity contribution in [2.45, 2.75) is 0 Å². The molecule has 1 atom stereocenters. The number of nitrogens with zero attached hydrogens (tertiary/aromatic N) is 1. The summed E-state index contributed by atoms with van der Waals surface area (Å²) in [6.45, 7) is 0. The van der Waals surface area contributed by atoms with Crippen molar-refractivity contribution in [1.29, 1.82) is 0 Å². The first-order chi connectivity index (χ1) is 13.6. The van der Waals surface area contributed by atoms with Gasteiger partial charge in [0.15, 0.2) is 0 Å². The zero-order valence-electron chi connectivity index (χ0n) is 14.7. The van der Waals surface area contributed by atoms with Crippen LogP contribution in [0.15, 0.2) is 83.8 Å². The number of thiazole rings is 1. The van der Waals surface area contributed by atoms with E-state index >= 15 is 0 Å². The quantitative estimate of drug-likeness (QED) is 0.795. The van der Waals surface area contributed by atoms with Crippen LogP contribution in [-0.4, -0.2) is 22.0 Å². The topological polar surface area (TPSA) is 79.3 Å². The van der Waals surface area contributed by atoms with E-state index in [0.29, 0.717) is 0 Å². The third-order valence-electron chi connectivity index (χ3n) is 4.33. The molecular formula is C22H16N2O3S. The molecule has 1 amide bonds. The van der Waals surface area contributed by atoms with Crippen molar-refractivity contribution in [1.82, 2.24) is 4.98 Å². The molecule has 2 bridgehead atoms. The van der Waals surface area contributed by atoms with Gasteiger partial charge in [-0.2, -0.15) is 0 Å². The van der Waals surface area contributed by atoms with Gasteiger partial charge < -0.3 is 10.4 Å². The average molecular weight is 388 g/mol. The largest absolute Gasteiger partial charge is 0.478 e. The molecule has 28 heavy (non-hydrogen) atoms. The zero-order chi connectivity index (χ0) is 19.5. The van der Waals surface area contributed by atoms with Gasteiger partial charge in [-0.3, -0.25) is 4.79 Å². The van der Waals surface area contributed by atoms with Crippen LogP contribution in [0.1, 0.15) is 25.9 Å². The van der Waals surface area contributed by atoms with Crippen LogP contribution < -0.4 is 5.32 Å². The van der Waals surface area contributed by atoms with Gasteiger partial charge >= 0.3 is 5.97 Å². The van der Waals surface area contributed by atoms with E-state index in [1.807, 2.05) is 30.4 Å². The van der Waals surface area contributed by atoms with Gasteiger partial charge in [-0.1, -0.05) is 54.7 Å². The number of hydrogen-bond acceptors (Lipinski definition) is 4. The highest BCUT2D eigenvalue weighted by atomic mass is 32.1. The minimum absolute atomic E-state index is 0.0378. The highest BCUT2D eigenvalue weighted by Gasteiger charge is 2.17. The van der Waals surface area contributed by atoms with Gasteiger partial charge in [-0.05, 0) is 23.8 Å². The third kappa shape index (κ3) is 3.77. The fraction of sp³-hybridized carbons (Fsp3) is 0.0455. The second-order valence-electron chi connectivity index (χ2n) is 6.29. The maximum Gasteiger partial charge on any atom is 0.337 e. The lowest BCUT2D eigenvalue weighted by Gasteiger charge is -2.06. The van der Waals surface area contributed by atoms with Crippen molar-refractivity contribution in [3.05, 3.63) is 100 Å². The number of carbonyl (C=O) groups excluding carboxylic acids is 1. The van der Waals surface area contributed by atoms with Gasteiger partial charge in [0, 0.05) is 16.9 Å². The summed E-state index contributed by atoms with van der Waals surface area (Å²) >= 11 is 1.38. The van der Waals surface area contributed by atoms with Crippen molar-refractivity contribution in [3.63, 3.8) is 0 Å². The molecular weight excluding hydrogens is 372 g/mol. The normalized spacial score (nSPS) is 17.4. The summed E-state index contributed by atoms with van der Waals surface area (Å²) in [6, 6.07) is 6.29. The Bertz CT molecular complexity index is 1100. The van der Waals surface area contributed by atoms with E-state index in [0.717, 1.165) is 16.2 Å². The number of fused-ring (bicyclic) bond motifs is 1. The first-order valence-electron chi connectivity index (χ1n) is 8.66. The Morgan fingerprint density at radius 3 is 2.82 bits per heavy atom. The fourth-order valence-corrected chi connectivity index (χ4v) is 3.76. The Kier molecular flexibility index (Phi) is 4.87. The lowest BCUT2D eigenvalue weighted by Crippen LogP contribution is -2.15. The van der Waals surface area contributed by atoms with Gasteiger partial charge in [0.05, 0.1) is 11.3 Å². The summed E-state index contributed by atoms with van der Waals surface area (Å²) in [5.41, 5.74) is 2.56. The Hall–Kier alpha value is -3.51. The summed E-state index contributed by atoms with van der Waals surface area (Å²) < 4.78 is 0. The highest BCUT2D eigenvalue weighted by Crippen LogP contribution is 2.28. The monoisotopic (exact) mass is 388 g/mol. The van der Waals surface area contributed by atoms with Crippen molar-refractivity contribution in [2.24, 2.45) is 5.92 Å². The fourth-order valence-electron chi connectivity index (χ4n) is 2.96. The number of allylic oxidation sites excluding steroid dienone is 10. The number of carboxylic acid groups (broad SMARTS) is 1. The van der Waals surface area contributed by atoms with Gasteiger partial charge in [0.2, 0.25) is 0 Å². The molecule has 0 radical (unpaired) electrons. The molecule has 2 aromatic rings. The van der Waals surface area contributed by atoms with Crippen molar-refractivity contribution in [3.8, 4) is 0 Å². The molecule has 6 heteroatoms. The van der Waals surface area contributed by atoms with E-state index < -0.39 is 11.9 Å². The van der Waals surface area contributed by atoms with Crippen LogP contribution in [-0.2, 0) is 0 Å². The molecule has 1 aromatic carbocycles. The molecule has 2 N–H and O–H groups in total. The number of carboxylic acids is 1. The number of hydrogen-bond donors (Lipinski definition) is 2. The van der Waals surface area contributed by atoms with Crippen molar-refractivity contribution in [2.75, 3.05) is 5.32 Å². The number of aromatic nitrogens is 1. The van der Waals surface area contributed by atoms with Gasteiger partial charge in [-0.15, -0.1) is 11.3 Å². The first-order valence-corrected chi connectivity index (χ1v) is 9.54. The summed E-state index contributed by atoms with van der Waals surface area (Å²) in [5, 5.41) is 14.3. The summed E-state index contributed by atoms with van der Waals surface area (Å²) in [7, 11) is 0. The molecule has 0 saturated heterocycles. The lowest BCUT2D eigenvalue weighted by molar-refractivity contribution is 0.0698. The summed E-state index contributed by atoms with van der Waals surface area (Å²) in [5.74, 6) is -1.30. The predicted octanol–water partition coefficient (Wildman–Crippen LogP) is 4.72. The SMILES string of the molecule is O=C(Nc1ccccc1C(=O)O)c1csc(C2=CC3=CC(C=CC=C3)C=C2)n1. The lowest BCUT2D eigenvalue weighted by atomic mass is 10.1. The zero-order valence-corrected chi connectivity index (χ0v) is 15.5. The number of aromatic carboxylic acids is 1.